The molecule has 0 saturated heterocycles. The number of sulfonamides is 1. The molecule has 2 aromatic carbocycles. The van der Waals surface area contributed by atoms with Gasteiger partial charge in [0.25, 0.3) is 5.91 Å². The first-order valence-electron chi connectivity index (χ1n) is 12.2. The number of amides is 1. The molecule has 1 aliphatic carbocycles. The number of carbonyl (C=O) groups excluding carboxylic acids is 1. The molecule has 35 heavy (non-hydrogen) atoms. The van der Waals surface area contributed by atoms with Crippen molar-refractivity contribution in [3.8, 4) is 0 Å². The summed E-state index contributed by atoms with van der Waals surface area (Å²) in [4.78, 5) is 18.3. The number of hydrogen-bond acceptors (Lipinski definition) is 5. The largest absolute Gasteiger partial charge is 0.380 e. The molecule has 1 fully saturated rings. The van der Waals surface area contributed by atoms with E-state index < -0.39 is 15.9 Å². The maximum atomic E-state index is 13.1. The maximum absolute atomic E-state index is 13.1. The minimum Gasteiger partial charge on any atom is -0.380 e. The normalized spacial score (nSPS) is 15.8. The molecule has 1 aromatic heterocycles. The highest BCUT2D eigenvalue weighted by Gasteiger charge is 2.29. The summed E-state index contributed by atoms with van der Waals surface area (Å²) < 4.78 is 36.3. The monoisotopic (exact) mass is 515 g/mol. The van der Waals surface area contributed by atoms with Crippen molar-refractivity contribution >= 4 is 37.5 Å². The Balaban J connectivity index is 1.61. The van der Waals surface area contributed by atoms with Gasteiger partial charge in [0, 0.05) is 31.8 Å². The van der Waals surface area contributed by atoms with Crippen LogP contribution in [0.3, 0.4) is 0 Å². The summed E-state index contributed by atoms with van der Waals surface area (Å²) in [5.74, 6) is -0.399. The fraction of sp³-hybridized carbons (Fsp3) is 0.462. The fourth-order valence-electron chi connectivity index (χ4n) is 4.63. The quantitative estimate of drug-likeness (QED) is 0.406. The standard InChI is InChI=1S/C26H33N3O4S2/c1-4-33-18-17-29-24-19(2)9-8-12-23(24)34-26(29)27-25(30)20-13-15-22(16-14-20)35(31,32)28(3)21-10-6-5-7-11-21/h8-9,12-16,21H,4-7,10-11,17-18H2,1-3H3. The van der Waals surface area contributed by atoms with Crippen molar-refractivity contribution in [2.24, 2.45) is 4.99 Å². The van der Waals surface area contributed by atoms with Crippen LogP contribution in [-0.4, -0.2) is 49.5 Å². The zero-order chi connectivity index (χ0) is 25.0. The molecular weight excluding hydrogens is 482 g/mol. The molecule has 0 radical (unpaired) electrons. The maximum Gasteiger partial charge on any atom is 0.279 e. The first kappa shape index (κ1) is 25.8. The van der Waals surface area contributed by atoms with Crippen molar-refractivity contribution < 1.29 is 17.9 Å². The summed E-state index contributed by atoms with van der Waals surface area (Å²) in [7, 11) is -1.95. The number of thiazole rings is 1. The van der Waals surface area contributed by atoms with E-state index in [-0.39, 0.29) is 10.9 Å². The van der Waals surface area contributed by atoms with E-state index in [1.807, 2.05) is 36.6 Å². The van der Waals surface area contributed by atoms with Crippen molar-refractivity contribution in [1.82, 2.24) is 8.87 Å². The molecule has 0 atom stereocenters. The van der Waals surface area contributed by atoms with E-state index in [9.17, 15) is 13.2 Å². The lowest BCUT2D eigenvalue weighted by Crippen LogP contribution is -2.38. The van der Waals surface area contributed by atoms with Gasteiger partial charge < -0.3 is 9.30 Å². The van der Waals surface area contributed by atoms with Gasteiger partial charge in [-0.25, -0.2) is 8.42 Å². The SMILES string of the molecule is CCOCCn1c(=NC(=O)c2ccc(S(=O)(=O)N(C)C3CCCCC3)cc2)sc2cccc(C)c21. The van der Waals surface area contributed by atoms with Crippen LogP contribution in [0.4, 0.5) is 0 Å². The van der Waals surface area contributed by atoms with Gasteiger partial charge in [0.05, 0.1) is 21.7 Å². The molecule has 1 saturated carbocycles. The summed E-state index contributed by atoms with van der Waals surface area (Å²) in [5, 5.41) is 0. The summed E-state index contributed by atoms with van der Waals surface area (Å²) in [6, 6.07) is 12.2. The Morgan fingerprint density at radius 2 is 1.86 bits per heavy atom. The Hall–Kier alpha value is -2.33. The minimum atomic E-state index is -3.61. The van der Waals surface area contributed by atoms with Crippen LogP contribution in [-0.2, 0) is 21.3 Å². The second kappa shape index (κ2) is 11.2. The second-order valence-corrected chi connectivity index (χ2v) is 11.9. The Morgan fingerprint density at radius 3 is 2.54 bits per heavy atom. The molecule has 1 heterocycles. The van der Waals surface area contributed by atoms with Gasteiger partial charge in [-0.3, -0.25) is 4.79 Å². The van der Waals surface area contributed by atoms with Gasteiger partial charge >= 0.3 is 0 Å². The highest BCUT2D eigenvalue weighted by molar-refractivity contribution is 7.89. The van der Waals surface area contributed by atoms with Crippen LogP contribution in [0.2, 0.25) is 0 Å². The van der Waals surface area contributed by atoms with Crippen molar-refractivity contribution in [3.63, 3.8) is 0 Å². The van der Waals surface area contributed by atoms with Crippen molar-refractivity contribution in [2.75, 3.05) is 20.3 Å². The smallest absolute Gasteiger partial charge is 0.279 e. The van der Waals surface area contributed by atoms with Crippen LogP contribution in [0, 0.1) is 6.92 Å². The van der Waals surface area contributed by atoms with E-state index >= 15 is 0 Å². The number of carbonyl (C=O) groups is 1. The van der Waals surface area contributed by atoms with Crippen molar-refractivity contribution in [2.45, 2.75) is 63.4 Å². The number of para-hydroxylation sites is 1. The van der Waals surface area contributed by atoms with Crippen LogP contribution in [0.15, 0.2) is 52.4 Å². The van der Waals surface area contributed by atoms with E-state index in [0.29, 0.717) is 30.1 Å². The molecule has 3 aromatic rings. The van der Waals surface area contributed by atoms with Gasteiger partial charge in [0.15, 0.2) is 4.80 Å². The number of nitrogens with zero attached hydrogens (tertiary/aromatic N) is 3. The molecule has 0 aliphatic heterocycles. The lowest BCUT2D eigenvalue weighted by Gasteiger charge is -2.30. The molecule has 0 bridgehead atoms. The zero-order valence-corrected chi connectivity index (χ0v) is 22.2. The Morgan fingerprint density at radius 1 is 1.14 bits per heavy atom. The van der Waals surface area contributed by atoms with Gasteiger partial charge in [0.2, 0.25) is 10.0 Å². The predicted octanol–water partition coefficient (Wildman–Crippen LogP) is 4.74. The van der Waals surface area contributed by atoms with Crippen molar-refractivity contribution in [3.05, 3.63) is 58.4 Å². The molecule has 0 spiro atoms. The molecule has 188 valence electrons. The van der Waals surface area contributed by atoms with E-state index in [4.69, 9.17) is 4.74 Å². The topological polar surface area (TPSA) is 81.0 Å². The van der Waals surface area contributed by atoms with Crippen LogP contribution in [0.1, 0.15) is 54.9 Å². The average Bonchev–Trinajstić information content (AvgIpc) is 3.22. The number of hydrogen-bond donors (Lipinski definition) is 0. The molecule has 1 aliphatic rings. The second-order valence-electron chi connectivity index (χ2n) is 8.91. The van der Waals surface area contributed by atoms with Crippen LogP contribution < -0.4 is 4.80 Å². The Kier molecular flexibility index (Phi) is 8.21. The van der Waals surface area contributed by atoms with Crippen LogP contribution in [0.25, 0.3) is 10.2 Å². The molecular formula is C26H33N3O4S2. The Labute approximate surface area is 211 Å². The minimum absolute atomic E-state index is 0.0357. The molecule has 9 heteroatoms. The highest BCUT2D eigenvalue weighted by atomic mass is 32.2. The van der Waals surface area contributed by atoms with Gasteiger partial charge in [0.1, 0.15) is 0 Å². The van der Waals surface area contributed by atoms with E-state index in [1.54, 1.807) is 19.2 Å². The fourth-order valence-corrected chi connectivity index (χ4v) is 7.18. The van der Waals surface area contributed by atoms with Gasteiger partial charge in [-0.1, -0.05) is 42.7 Å². The highest BCUT2D eigenvalue weighted by Crippen LogP contribution is 2.27. The number of fused-ring (bicyclic) bond motifs is 1. The first-order chi connectivity index (χ1) is 16.8. The van der Waals surface area contributed by atoms with Crippen molar-refractivity contribution in [1.29, 1.82) is 0 Å². The summed E-state index contributed by atoms with van der Waals surface area (Å²) in [6.45, 7) is 5.74. The number of ether oxygens (including phenoxy) is 1. The third kappa shape index (κ3) is 5.58. The zero-order valence-electron chi connectivity index (χ0n) is 20.6. The predicted molar refractivity (Wildman–Crippen MR) is 139 cm³/mol. The van der Waals surface area contributed by atoms with E-state index in [2.05, 4.69) is 4.99 Å². The summed E-state index contributed by atoms with van der Waals surface area (Å²) in [6.07, 6.45) is 5.06. The third-order valence-corrected chi connectivity index (χ3v) is 9.60. The lowest BCUT2D eigenvalue weighted by atomic mass is 9.96. The summed E-state index contributed by atoms with van der Waals surface area (Å²) in [5.41, 5.74) is 2.52. The van der Waals surface area contributed by atoms with E-state index in [1.165, 1.54) is 27.8 Å². The first-order valence-corrected chi connectivity index (χ1v) is 14.4. The van der Waals surface area contributed by atoms with E-state index in [0.717, 1.165) is 47.9 Å². The number of benzene rings is 2. The molecule has 1 amide bonds. The number of rotatable bonds is 8. The average molecular weight is 516 g/mol. The van der Waals surface area contributed by atoms with Crippen LogP contribution >= 0.6 is 11.3 Å². The third-order valence-electron chi connectivity index (χ3n) is 6.63. The van der Waals surface area contributed by atoms with Gasteiger partial charge in [-0.2, -0.15) is 9.30 Å². The van der Waals surface area contributed by atoms with Gasteiger partial charge in [-0.05, 0) is 62.6 Å². The van der Waals surface area contributed by atoms with Crippen LogP contribution in [0.5, 0.6) is 0 Å². The number of aryl methyl sites for hydroxylation is 1. The lowest BCUT2D eigenvalue weighted by molar-refractivity contribution is 0.0996. The number of aromatic nitrogens is 1. The molecule has 0 unspecified atom stereocenters. The summed E-state index contributed by atoms with van der Waals surface area (Å²) >= 11 is 1.46. The molecule has 7 nitrogen and oxygen atoms in total. The van der Waals surface area contributed by atoms with Gasteiger partial charge in [-0.15, -0.1) is 0 Å². The molecule has 4 rings (SSSR count). The Bertz CT molecular complexity index is 1350. The molecule has 0 N–H and O–H groups in total.